The molecule has 6 nitrogen and oxygen atoms in total. The van der Waals surface area contributed by atoms with Gasteiger partial charge in [0, 0.05) is 13.1 Å². The third-order valence-electron chi connectivity index (χ3n) is 3.66. The van der Waals surface area contributed by atoms with Gasteiger partial charge in [0.25, 0.3) is 0 Å². The quantitative estimate of drug-likeness (QED) is 0.825. The summed E-state index contributed by atoms with van der Waals surface area (Å²) in [4.78, 5) is 11.1. The average Bonchev–Trinajstić information content (AvgIpc) is 2.36. The lowest BCUT2D eigenvalue weighted by Gasteiger charge is -2.34. The lowest BCUT2D eigenvalue weighted by atomic mass is 9.92. The van der Waals surface area contributed by atoms with E-state index in [0.29, 0.717) is 13.0 Å². The summed E-state index contributed by atoms with van der Waals surface area (Å²) in [6.45, 7) is 5.65. The molecule has 0 aromatic carbocycles. The highest BCUT2D eigenvalue weighted by atomic mass is 32.2. The topological polar surface area (TPSA) is 98.5 Å². The first kappa shape index (κ1) is 16.9. The van der Waals surface area contributed by atoms with Crippen LogP contribution in [0.3, 0.4) is 0 Å². The number of hydrogen-bond acceptors (Lipinski definition) is 4. The zero-order valence-corrected chi connectivity index (χ0v) is 13.0. The number of aliphatic carboxylic acids is 1. The van der Waals surface area contributed by atoms with Crippen LogP contribution in [0.4, 0.5) is 0 Å². The summed E-state index contributed by atoms with van der Waals surface area (Å²) in [5.74, 6) is -1.68. The molecule has 0 radical (unpaired) electrons. The van der Waals surface area contributed by atoms with Crippen molar-refractivity contribution in [3.8, 4) is 6.07 Å². The van der Waals surface area contributed by atoms with Gasteiger partial charge < -0.3 is 5.11 Å². The summed E-state index contributed by atoms with van der Waals surface area (Å²) in [5.41, 5.74) is -0.694. The number of carbonyl (C=O) groups is 1. The molecule has 2 unspecified atom stereocenters. The normalized spacial score (nSPS) is 25.1. The van der Waals surface area contributed by atoms with Crippen LogP contribution in [-0.4, -0.2) is 42.6 Å². The number of nitrogens with zero attached hydrogens (tertiary/aromatic N) is 2. The molecule has 1 heterocycles. The highest BCUT2D eigenvalue weighted by Gasteiger charge is 2.36. The summed E-state index contributed by atoms with van der Waals surface area (Å²) >= 11 is 0. The molecular weight excluding hydrogens is 280 g/mol. The van der Waals surface area contributed by atoms with Crippen LogP contribution < -0.4 is 0 Å². The second-order valence-electron chi connectivity index (χ2n) is 6.25. The van der Waals surface area contributed by atoms with E-state index in [1.54, 1.807) is 13.8 Å². The maximum atomic E-state index is 12.3. The Morgan fingerprint density at radius 3 is 2.55 bits per heavy atom. The highest BCUT2D eigenvalue weighted by Crippen LogP contribution is 2.26. The number of carboxylic acid groups (broad SMARTS) is 1. The van der Waals surface area contributed by atoms with Gasteiger partial charge in [-0.25, -0.2) is 12.7 Å². The van der Waals surface area contributed by atoms with Gasteiger partial charge in [0.05, 0.1) is 23.2 Å². The van der Waals surface area contributed by atoms with Crippen molar-refractivity contribution in [3.05, 3.63) is 0 Å². The molecule has 1 aliphatic heterocycles. The average molecular weight is 302 g/mol. The Bertz CT molecular complexity index is 507. The summed E-state index contributed by atoms with van der Waals surface area (Å²) < 4.78 is 25.8. The monoisotopic (exact) mass is 302 g/mol. The minimum Gasteiger partial charge on any atom is -0.481 e. The minimum atomic E-state index is -3.51. The van der Waals surface area contributed by atoms with Gasteiger partial charge in [-0.05, 0) is 32.6 Å². The summed E-state index contributed by atoms with van der Waals surface area (Å²) in [7, 11) is -3.51. The number of piperidine rings is 1. The molecule has 1 fully saturated rings. The minimum absolute atomic E-state index is 0.0311. The fraction of sp³-hybridized carbons (Fsp3) is 0.846. The molecule has 114 valence electrons. The van der Waals surface area contributed by atoms with Crippen LogP contribution in [0.2, 0.25) is 0 Å². The first-order valence-corrected chi connectivity index (χ1v) is 8.30. The van der Waals surface area contributed by atoms with Crippen LogP contribution in [0.5, 0.6) is 0 Å². The van der Waals surface area contributed by atoms with Gasteiger partial charge in [0.2, 0.25) is 10.0 Å². The van der Waals surface area contributed by atoms with Gasteiger partial charge >= 0.3 is 5.97 Å². The molecule has 0 amide bonds. The maximum Gasteiger partial charge on any atom is 0.307 e. The Balaban J connectivity index is 2.77. The molecule has 0 aliphatic carbocycles. The van der Waals surface area contributed by atoms with E-state index in [1.165, 1.54) is 4.31 Å². The number of nitriles is 1. The van der Waals surface area contributed by atoms with Gasteiger partial charge in [-0.15, -0.1) is 0 Å². The summed E-state index contributed by atoms with van der Waals surface area (Å²) in [6, 6.07) is 2.08. The van der Waals surface area contributed by atoms with Crippen molar-refractivity contribution in [3.63, 3.8) is 0 Å². The van der Waals surface area contributed by atoms with Crippen LogP contribution in [0, 0.1) is 28.6 Å². The number of hydrogen-bond donors (Lipinski definition) is 1. The second-order valence-corrected chi connectivity index (χ2v) is 8.34. The Kier molecular flexibility index (Phi) is 5.16. The van der Waals surface area contributed by atoms with Gasteiger partial charge in [0.15, 0.2) is 0 Å². The van der Waals surface area contributed by atoms with Gasteiger partial charge in [0.1, 0.15) is 0 Å². The number of rotatable bonds is 5. The highest BCUT2D eigenvalue weighted by molar-refractivity contribution is 7.89. The molecule has 0 spiro atoms. The fourth-order valence-electron chi connectivity index (χ4n) is 2.28. The first-order chi connectivity index (χ1) is 9.07. The maximum absolute atomic E-state index is 12.3. The molecule has 1 aliphatic rings. The zero-order chi connectivity index (χ0) is 15.6. The van der Waals surface area contributed by atoms with E-state index in [0.717, 1.165) is 0 Å². The van der Waals surface area contributed by atoms with Crippen molar-refractivity contribution in [2.45, 2.75) is 33.6 Å². The van der Waals surface area contributed by atoms with Crippen LogP contribution in [0.25, 0.3) is 0 Å². The molecule has 0 bridgehead atoms. The Hall–Kier alpha value is -1.13. The molecule has 0 aromatic rings. The van der Waals surface area contributed by atoms with E-state index < -0.39 is 27.3 Å². The molecule has 0 saturated carbocycles. The van der Waals surface area contributed by atoms with Gasteiger partial charge in [-0.2, -0.15) is 5.26 Å². The van der Waals surface area contributed by atoms with Crippen LogP contribution in [0.15, 0.2) is 0 Å². The standard InChI is InChI=1S/C13H22N2O4S/c1-10-6-11(12(16)17)8-15(7-10)20(18,19)5-4-13(2,3)9-14/h10-11H,4-8H2,1-3H3,(H,16,17). The molecule has 7 heteroatoms. The van der Waals surface area contributed by atoms with E-state index in [-0.39, 0.29) is 24.6 Å². The van der Waals surface area contributed by atoms with Gasteiger partial charge in [-0.3, -0.25) is 4.79 Å². The van der Waals surface area contributed by atoms with E-state index in [1.807, 2.05) is 6.92 Å². The number of carboxylic acids is 1. The Morgan fingerprint density at radius 1 is 1.45 bits per heavy atom. The Labute approximate surface area is 120 Å². The molecule has 20 heavy (non-hydrogen) atoms. The third kappa shape index (κ3) is 4.46. The lowest BCUT2D eigenvalue weighted by molar-refractivity contribution is -0.143. The largest absolute Gasteiger partial charge is 0.481 e. The lowest BCUT2D eigenvalue weighted by Crippen LogP contribution is -2.46. The van der Waals surface area contributed by atoms with Crippen LogP contribution >= 0.6 is 0 Å². The molecular formula is C13H22N2O4S. The third-order valence-corrected chi connectivity index (χ3v) is 5.46. The van der Waals surface area contributed by atoms with E-state index in [4.69, 9.17) is 10.4 Å². The molecule has 1 saturated heterocycles. The van der Waals surface area contributed by atoms with Crippen molar-refractivity contribution < 1.29 is 18.3 Å². The zero-order valence-electron chi connectivity index (χ0n) is 12.2. The van der Waals surface area contributed by atoms with Crippen molar-refractivity contribution in [1.29, 1.82) is 5.26 Å². The molecule has 1 N–H and O–H groups in total. The molecule has 1 rings (SSSR count). The van der Waals surface area contributed by atoms with Crippen molar-refractivity contribution >= 4 is 16.0 Å². The van der Waals surface area contributed by atoms with Crippen LogP contribution in [0.1, 0.15) is 33.6 Å². The summed E-state index contributed by atoms with van der Waals surface area (Å²) in [5, 5.41) is 18.0. The Morgan fingerprint density at radius 2 is 2.05 bits per heavy atom. The van der Waals surface area contributed by atoms with E-state index in [9.17, 15) is 13.2 Å². The smallest absolute Gasteiger partial charge is 0.307 e. The number of sulfonamides is 1. The van der Waals surface area contributed by atoms with E-state index >= 15 is 0 Å². The predicted octanol–water partition coefficient (Wildman–Crippen LogP) is 1.30. The van der Waals surface area contributed by atoms with E-state index in [2.05, 4.69) is 6.07 Å². The van der Waals surface area contributed by atoms with Crippen molar-refractivity contribution in [1.82, 2.24) is 4.31 Å². The van der Waals surface area contributed by atoms with Gasteiger partial charge in [-0.1, -0.05) is 6.92 Å². The fourth-order valence-corrected chi connectivity index (χ4v) is 4.19. The first-order valence-electron chi connectivity index (χ1n) is 6.69. The van der Waals surface area contributed by atoms with Crippen LogP contribution in [-0.2, 0) is 14.8 Å². The van der Waals surface area contributed by atoms with Crippen molar-refractivity contribution in [2.75, 3.05) is 18.8 Å². The SMILES string of the molecule is CC1CC(C(=O)O)CN(S(=O)(=O)CCC(C)(C)C#N)C1. The molecule has 0 aromatic heterocycles. The molecule has 2 atom stereocenters. The summed E-state index contributed by atoms with van der Waals surface area (Å²) in [6.07, 6.45) is 0.749. The second kappa shape index (κ2) is 6.10. The van der Waals surface area contributed by atoms with Crippen molar-refractivity contribution in [2.24, 2.45) is 17.3 Å². The predicted molar refractivity (Wildman–Crippen MR) is 74.3 cm³/mol.